The smallest absolute Gasteiger partial charge is 0.00187 e. The van der Waals surface area contributed by atoms with Crippen LogP contribution in [0.15, 0.2) is 0 Å². The Hall–Kier alpha value is -0.0800. The van der Waals surface area contributed by atoms with Gasteiger partial charge in [0.15, 0.2) is 0 Å². The highest BCUT2D eigenvalue weighted by Gasteiger charge is 2.07. The largest absolute Gasteiger partial charge is 0.303 e. The lowest BCUT2D eigenvalue weighted by molar-refractivity contribution is 0.238. The Kier molecular flexibility index (Phi) is 30.1. The van der Waals surface area contributed by atoms with Gasteiger partial charge < -0.3 is 9.80 Å². The summed E-state index contributed by atoms with van der Waals surface area (Å²) in [5, 5.41) is 0. The van der Waals surface area contributed by atoms with E-state index < -0.39 is 0 Å². The summed E-state index contributed by atoms with van der Waals surface area (Å²) in [4.78, 5) is 5.63. The maximum Gasteiger partial charge on any atom is -0.00187 e. The van der Waals surface area contributed by atoms with Crippen molar-refractivity contribution in [3.05, 3.63) is 0 Å². The normalized spacial score (nSPS) is 11.8. The van der Waals surface area contributed by atoms with E-state index >= 15 is 0 Å². The first-order valence-corrected chi connectivity index (χ1v) is 16.7. The zero-order chi connectivity index (χ0) is 25.7. The Morgan fingerprint density at radius 1 is 0.229 bits per heavy atom. The molecule has 0 bridgehead atoms. The lowest BCUT2D eigenvalue weighted by atomic mass is 10.1. The minimum atomic E-state index is 1.34. The van der Waals surface area contributed by atoms with E-state index in [1.54, 1.807) is 0 Å². The minimum Gasteiger partial charge on any atom is -0.303 e. The van der Waals surface area contributed by atoms with E-state index in [4.69, 9.17) is 0 Å². The number of hydrogen-bond donors (Lipinski definition) is 0. The standard InChI is InChI=1S/C33H70N2/c1-5-9-13-17-22-28-34(29-23-18-14-10-6-2)32-26-21-27-33-35(30-24-19-15-11-7-3)31-25-20-16-12-8-4/h5-33H2,1-4H3. The van der Waals surface area contributed by atoms with Gasteiger partial charge in [-0.05, 0) is 77.8 Å². The quantitative estimate of drug-likeness (QED) is 0.0916. The maximum absolute atomic E-state index is 2.82. The van der Waals surface area contributed by atoms with Crippen molar-refractivity contribution >= 4 is 0 Å². The van der Waals surface area contributed by atoms with Crippen LogP contribution in [0.4, 0.5) is 0 Å². The third kappa shape index (κ3) is 26.8. The van der Waals surface area contributed by atoms with Crippen molar-refractivity contribution in [1.29, 1.82) is 0 Å². The molecule has 0 aliphatic rings. The first-order chi connectivity index (χ1) is 17.3. The maximum atomic E-state index is 2.82. The number of nitrogens with zero attached hydrogens (tertiary/aromatic N) is 2. The topological polar surface area (TPSA) is 6.48 Å². The van der Waals surface area contributed by atoms with Gasteiger partial charge in [0, 0.05) is 0 Å². The summed E-state index contributed by atoms with van der Waals surface area (Å²) in [5.74, 6) is 0. The van der Waals surface area contributed by atoms with Gasteiger partial charge in [0.1, 0.15) is 0 Å². The van der Waals surface area contributed by atoms with E-state index in [1.807, 2.05) is 0 Å². The van der Waals surface area contributed by atoms with E-state index in [0.29, 0.717) is 0 Å². The molecular formula is C33H70N2. The number of hydrogen-bond acceptors (Lipinski definition) is 2. The molecule has 0 saturated carbocycles. The summed E-state index contributed by atoms with van der Waals surface area (Å²) in [6, 6.07) is 0. The molecule has 0 amide bonds. The van der Waals surface area contributed by atoms with Gasteiger partial charge in [0.05, 0.1) is 0 Å². The van der Waals surface area contributed by atoms with Crippen LogP contribution in [0.5, 0.6) is 0 Å². The van der Waals surface area contributed by atoms with Crippen molar-refractivity contribution in [2.75, 3.05) is 39.3 Å². The number of rotatable bonds is 30. The highest BCUT2D eigenvalue weighted by atomic mass is 15.1. The van der Waals surface area contributed by atoms with Crippen LogP contribution in [-0.2, 0) is 0 Å². The second kappa shape index (κ2) is 30.1. The van der Waals surface area contributed by atoms with Crippen molar-refractivity contribution in [2.45, 2.75) is 175 Å². The molecule has 2 heteroatoms. The monoisotopic (exact) mass is 495 g/mol. The van der Waals surface area contributed by atoms with Gasteiger partial charge in [0.25, 0.3) is 0 Å². The van der Waals surface area contributed by atoms with Gasteiger partial charge in [-0.1, -0.05) is 137 Å². The zero-order valence-corrected chi connectivity index (χ0v) is 25.4. The molecule has 0 radical (unpaired) electrons. The molecule has 0 N–H and O–H groups in total. The molecule has 0 fully saturated rings. The fourth-order valence-corrected chi connectivity index (χ4v) is 5.27. The summed E-state index contributed by atoms with van der Waals surface area (Å²) in [7, 11) is 0. The van der Waals surface area contributed by atoms with Crippen LogP contribution in [0.3, 0.4) is 0 Å². The SMILES string of the molecule is CCCCCCCN(CCCCCCC)CCCCCN(CCCCCCC)CCCCCCC. The lowest BCUT2D eigenvalue weighted by Crippen LogP contribution is -2.29. The summed E-state index contributed by atoms with van der Waals surface area (Å²) < 4.78 is 0. The van der Waals surface area contributed by atoms with Crippen LogP contribution in [0.25, 0.3) is 0 Å². The fourth-order valence-electron chi connectivity index (χ4n) is 5.27. The van der Waals surface area contributed by atoms with E-state index in [2.05, 4.69) is 37.5 Å². The van der Waals surface area contributed by atoms with Crippen molar-refractivity contribution in [1.82, 2.24) is 9.80 Å². The molecule has 212 valence electrons. The molecule has 2 nitrogen and oxygen atoms in total. The highest BCUT2D eigenvalue weighted by molar-refractivity contribution is 4.63. The van der Waals surface area contributed by atoms with Crippen molar-refractivity contribution < 1.29 is 0 Å². The highest BCUT2D eigenvalue weighted by Crippen LogP contribution is 2.11. The fraction of sp³-hybridized carbons (Fsp3) is 1.00. The first-order valence-electron chi connectivity index (χ1n) is 16.7. The molecule has 0 aromatic rings. The summed E-state index contributed by atoms with van der Waals surface area (Å²) >= 11 is 0. The molecule has 0 aliphatic carbocycles. The Balaban J connectivity index is 4.21. The van der Waals surface area contributed by atoms with Crippen molar-refractivity contribution in [3.8, 4) is 0 Å². The van der Waals surface area contributed by atoms with Crippen LogP contribution < -0.4 is 0 Å². The van der Waals surface area contributed by atoms with E-state index in [-0.39, 0.29) is 0 Å². The summed E-state index contributed by atoms with van der Waals surface area (Å²) in [5.41, 5.74) is 0. The van der Waals surface area contributed by atoms with Gasteiger partial charge in [-0.2, -0.15) is 0 Å². The van der Waals surface area contributed by atoms with Crippen molar-refractivity contribution in [2.24, 2.45) is 0 Å². The van der Waals surface area contributed by atoms with E-state index in [9.17, 15) is 0 Å². The lowest BCUT2D eigenvalue weighted by Gasteiger charge is -2.24. The van der Waals surface area contributed by atoms with Gasteiger partial charge in [0.2, 0.25) is 0 Å². The van der Waals surface area contributed by atoms with Gasteiger partial charge in [-0.15, -0.1) is 0 Å². The van der Waals surface area contributed by atoms with E-state index in [1.165, 1.54) is 187 Å². The molecule has 0 aliphatic heterocycles. The third-order valence-corrected chi connectivity index (χ3v) is 7.76. The average molecular weight is 495 g/mol. The first kappa shape index (κ1) is 34.9. The summed E-state index contributed by atoms with van der Waals surface area (Å²) in [6.45, 7) is 17.4. The molecule has 0 unspecified atom stereocenters. The van der Waals surface area contributed by atoms with Crippen LogP contribution in [0.2, 0.25) is 0 Å². The Morgan fingerprint density at radius 2 is 0.400 bits per heavy atom. The molecule has 0 atom stereocenters. The molecule has 0 spiro atoms. The molecule has 0 saturated heterocycles. The number of unbranched alkanes of at least 4 members (excludes halogenated alkanes) is 18. The van der Waals surface area contributed by atoms with Gasteiger partial charge in [-0.3, -0.25) is 0 Å². The van der Waals surface area contributed by atoms with Crippen molar-refractivity contribution in [3.63, 3.8) is 0 Å². The third-order valence-electron chi connectivity index (χ3n) is 7.76. The average Bonchev–Trinajstić information content (AvgIpc) is 2.86. The second-order valence-corrected chi connectivity index (χ2v) is 11.4. The second-order valence-electron chi connectivity index (χ2n) is 11.4. The predicted molar refractivity (Wildman–Crippen MR) is 162 cm³/mol. The zero-order valence-electron chi connectivity index (χ0n) is 25.4. The molecule has 0 aromatic carbocycles. The van der Waals surface area contributed by atoms with Crippen LogP contribution in [0, 0.1) is 0 Å². The molecule has 0 aromatic heterocycles. The predicted octanol–water partition coefficient (Wildman–Crippen LogP) is 10.6. The van der Waals surface area contributed by atoms with Gasteiger partial charge in [-0.25, -0.2) is 0 Å². The minimum absolute atomic E-state index is 1.34. The molecular weight excluding hydrogens is 424 g/mol. The molecule has 0 rings (SSSR count). The molecule has 35 heavy (non-hydrogen) atoms. The van der Waals surface area contributed by atoms with E-state index in [0.717, 1.165) is 0 Å². The summed E-state index contributed by atoms with van der Waals surface area (Å²) in [6.07, 6.45) is 32.5. The van der Waals surface area contributed by atoms with Crippen LogP contribution in [-0.4, -0.2) is 49.1 Å². The Labute approximate surface area is 224 Å². The molecule has 0 heterocycles. The van der Waals surface area contributed by atoms with Gasteiger partial charge >= 0.3 is 0 Å². The Morgan fingerprint density at radius 3 is 0.600 bits per heavy atom. The van der Waals surface area contributed by atoms with Crippen LogP contribution in [0.1, 0.15) is 175 Å². The van der Waals surface area contributed by atoms with Crippen LogP contribution >= 0.6 is 0 Å². The Bertz CT molecular complexity index is 308.